The normalized spacial score (nSPS) is 11.1. The van der Waals surface area contributed by atoms with E-state index in [2.05, 4.69) is 22.0 Å². The second kappa shape index (κ2) is 10.3. The Balaban J connectivity index is 1.93. The maximum Gasteiger partial charge on any atom is 0.162 e. The molecule has 0 saturated carbocycles. The van der Waals surface area contributed by atoms with E-state index < -0.39 is 5.82 Å². The molecular weight excluding hydrogens is 469 g/mol. The van der Waals surface area contributed by atoms with Crippen molar-refractivity contribution >= 4 is 39.2 Å². The monoisotopic (exact) mass is 485 g/mol. The first-order valence-electron chi connectivity index (χ1n) is 9.22. The van der Waals surface area contributed by atoms with Gasteiger partial charge in [-0.3, -0.25) is 0 Å². The van der Waals surface area contributed by atoms with Gasteiger partial charge in [0, 0.05) is 15.1 Å². The molecule has 0 aliphatic rings. The van der Waals surface area contributed by atoms with Crippen LogP contribution in [-0.4, -0.2) is 6.61 Å². The van der Waals surface area contributed by atoms with Crippen molar-refractivity contribution in [3.63, 3.8) is 0 Å². The quantitative estimate of drug-likeness (QED) is 0.260. The molecule has 0 heterocycles. The van der Waals surface area contributed by atoms with Crippen molar-refractivity contribution in [2.45, 2.75) is 13.5 Å². The number of halogens is 3. The lowest BCUT2D eigenvalue weighted by Crippen LogP contribution is -2.00. The van der Waals surface area contributed by atoms with Gasteiger partial charge in [-0.15, -0.1) is 0 Å². The van der Waals surface area contributed by atoms with E-state index in [0.29, 0.717) is 39.8 Å². The molecule has 0 fully saturated rings. The third kappa shape index (κ3) is 5.41. The summed E-state index contributed by atoms with van der Waals surface area (Å²) >= 11 is 9.44. The average molecular weight is 487 g/mol. The predicted octanol–water partition coefficient (Wildman–Crippen LogP) is 7.28. The smallest absolute Gasteiger partial charge is 0.162 e. The number of rotatable bonds is 7. The van der Waals surface area contributed by atoms with Gasteiger partial charge in [0.05, 0.1) is 18.2 Å². The van der Waals surface area contributed by atoms with Crippen LogP contribution >= 0.6 is 27.5 Å². The van der Waals surface area contributed by atoms with E-state index >= 15 is 0 Å². The van der Waals surface area contributed by atoms with Crippen LogP contribution in [-0.2, 0) is 6.61 Å². The molecule has 30 heavy (non-hydrogen) atoms. The zero-order valence-corrected chi connectivity index (χ0v) is 18.5. The fraction of sp³-hybridized carbons (Fsp3) is 0.125. The Bertz CT molecular complexity index is 1110. The Morgan fingerprint density at radius 3 is 2.47 bits per heavy atom. The molecule has 152 valence electrons. The molecule has 0 atom stereocenters. The summed E-state index contributed by atoms with van der Waals surface area (Å²) in [4.78, 5) is 0. The van der Waals surface area contributed by atoms with E-state index in [-0.39, 0.29) is 11.1 Å². The molecule has 0 amide bonds. The first-order valence-corrected chi connectivity index (χ1v) is 10.4. The fourth-order valence-electron chi connectivity index (χ4n) is 2.79. The molecule has 0 aliphatic heterocycles. The Morgan fingerprint density at radius 2 is 1.80 bits per heavy atom. The number of benzene rings is 3. The molecule has 3 nitrogen and oxygen atoms in total. The van der Waals surface area contributed by atoms with Crippen LogP contribution in [0.2, 0.25) is 5.02 Å². The van der Waals surface area contributed by atoms with E-state index in [9.17, 15) is 9.65 Å². The molecule has 0 radical (unpaired) electrons. The SMILES string of the molecule is CCOc1cc(/C=C(/C#N)c2ccccc2F)c(Br)cc1OCc1ccc(Cl)cc1. The molecule has 3 rings (SSSR count). The van der Waals surface area contributed by atoms with Crippen LogP contribution in [0.15, 0.2) is 65.1 Å². The number of hydrogen-bond acceptors (Lipinski definition) is 3. The first-order chi connectivity index (χ1) is 14.5. The molecule has 3 aromatic rings. The minimum absolute atomic E-state index is 0.214. The summed E-state index contributed by atoms with van der Waals surface area (Å²) in [5.41, 5.74) is 2.10. The fourth-order valence-corrected chi connectivity index (χ4v) is 3.35. The lowest BCUT2D eigenvalue weighted by atomic mass is 10.0. The number of ether oxygens (including phenoxy) is 2. The molecule has 6 heteroatoms. The predicted molar refractivity (Wildman–Crippen MR) is 121 cm³/mol. The largest absolute Gasteiger partial charge is 0.490 e. The second-order valence-corrected chi connectivity index (χ2v) is 7.61. The Labute approximate surface area is 188 Å². The topological polar surface area (TPSA) is 42.2 Å². The number of nitrogens with zero attached hydrogens (tertiary/aromatic N) is 1. The number of hydrogen-bond donors (Lipinski definition) is 0. The van der Waals surface area contributed by atoms with Crippen molar-refractivity contribution in [2.24, 2.45) is 0 Å². The molecule has 0 N–H and O–H groups in total. The summed E-state index contributed by atoms with van der Waals surface area (Å²) in [6, 6.07) is 19.2. The van der Waals surface area contributed by atoms with Crippen molar-refractivity contribution in [1.82, 2.24) is 0 Å². The summed E-state index contributed by atoms with van der Waals surface area (Å²) in [5.74, 6) is 0.640. The van der Waals surface area contributed by atoms with Crippen LogP contribution < -0.4 is 9.47 Å². The van der Waals surface area contributed by atoms with Crippen LogP contribution in [0.1, 0.15) is 23.6 Å². The van der Waals surface area contributed by atoms with Gasteiger partial charge in [0.15, 0.2) is 11.5 Å². The highest BCUT2D eigenvalue weighted by atomic mass is 79.9. The van der Waals surface area contributed by atoms with Crippen LogP contribution in [0.4, 0.5) is 4.39 Å². The van der Waals surface area contributed by atoms with Gasteiger partial charge >= 0.3 is 0 Å². The molecule has 3 aromatic carbocycles. The van der Waals surface area contributed by atoms with Gasteiger partial charge in [-0.1, -0.05) is 57.9 Å². The van der Waals surface area contributed by atoms with Gasteiger partial charge in [0.1, 0.15) is 12.4 Å². The molecule has 0 saturated heterocycles. The summed E-state index contributed by atoms with van der Waals surface area (Å²) < 4.78 is 26.5. The van der Waals surface area contributed by atoms with E-state index in [0.717, 1.165) is 5.56 Å². The summed E-state index contributed by atoms with van der Waals surface area (Å²) in [6.45, 7) is 2.67. The van der Waals surface area contributed by atoms with E-state index in [4.69, 9.17) is 21.1 Å². The van der Waals surface area contributed by atoms with Gasteiger partial charge in [-0.05, 0) is 54.5 Å². The first kappa shape index (κ1) is 21.9. The Morgan fingerprint density at radius 1 is 1.10 bits per heavy atom. The molecule has 0 aliphatic carbocycles. The highest BCUT2D eigenvalue weighted by molar-refractivity contribution is 9.10. The van der Waals surface area contributed by atoms with Crippen molar-refractivity contribution in [1.29, 1.82) is 5.26 Å². The van der Waals surface area contributed by atoms with Crippen LogP contribution in [0.3, 0.4) is 0 Å². The van der Waals surface area contributed by atoms with Crippen LogP contribution in [0.25, 0.3) is 11.6 Å². The van der Waals surface area contributed by atoms with Gasteiger partial charge in [-0.25, -0.2) is 4.39 Å². The molecule has 0 aromatic heterocycles. The number of nitriles is 1. The minimum atomic E-state index is -0.450. The summed E-state index contributed by atoms with van der Waals surface area (Å²) in [5, 5.41) is 10.2. The maximum atomic E-state index is 14.1. The molecule has 0 bridgehead atoms. The Kier molecular flexibility index (Phi) is 7.51. The van der Waals surface area contributed by atoms with Crippen molar-refractivity contribution in [3.8, 4) is 17.6 Å². The van der Waals surface area contributed by atoms with Crippen molar-refractivity contribution < 1.29 is 13.9 Å². The van der Waals surface area contributed by atoms with Gasteiger partial charge in [-0.2, -0.15) is 5.26 Å². The van der Waals surface area contributed by atoms with Crippen LogP contribution in [0.5, 0.6) is 11.5 Å². The number of allylic oxidation sites excluding steroid dienone is 1. The van der Waals surface area contributed by atoms with E-state index in [1.54, 1.807) is 48.5 Å². The molecular formula is C24H18BrClFNO2. The minimum Gasteiger partial charge on any atom is -0.490 e. The highest BCUT2D eigenvalue weighted by Crippen LogP contribution is 2.36. The second-order valence-electron chi connectivity index (χ2n) is 6.32. The summed E-state index contributed by atoms with van der Waals surface area (Å²) in [7, 11) is 0. The zero-order valence-electron chi connectivity index (χ0n) is 16.2. The van der Waals surface area contributed by atoms with E-state index in [1.807, 2.05) is 19.1 Å². The standard InChI is InChI=1S/C24H18BrClFNO2/c1-2-29-23-12-17(11-18(14-28)20-5-3-4-6-22(20)27)21(25)13-24(23)30-15-16-7-9-19(26)10-8-16/h3-13H,2,15H2,1H3/b18-11-. The third-order valence-corrected chi connectivity index (χ3v) is 5.19. The average Bonchev–Trinajstić information content (AvgIpc) is 2.74. The molecule has 0 unspecified atom stereocenters. The lowest BCUT2D eigenvalue weighted by molar-refractivity contribution is 0.269. The Hall–Kier alpha value is -2.81. The lowest BCUT2D eigenvalue weighted by Gasteiger charge is -2.14. The van der Waals surface area contributed by atoms with Gasteiger partial charge in [0.2, 0.25) is 0 Å². The third-order valence-electron chi connectivity index (χ3n) is 4.25. The maximum absolute atomic E-state index is 14.1. The van der Waals surface area contributed by atoms with Gasteiger partial charge < -0.3 is 9.47 Å². The van der Waals surface area contributed by atoms with Crippen LogP contribution in [0, 0.1) is 17.1 Å². The summed E-state index contributed by atoms with van der Waals surface area (Å²) in [6.07, 6.45) is 1.62. The van der Waals surface area contributed by atoms with Crippen molar-refractivity contribution in [2.75, 3.05) is 6.61 Å². The highest BCUT2D eigenvalue weighted by Gasteiger charge is 2.13. The van der Waals surface area contributed by atoms with Gasteiger partial charge in [0.25, 0.3) is 0 Å². The van der Waals surface area contributed by atoms with E-state index in [1.165, 1.54) is 6.07 Å². The molecule has 0 spiro atoms. The van der Waals surface area contributed by atoms with Crippen molar-refractivity contribution in [3.05, 3.63) is 92.7 Å². The zero-order chi connectivity index (χ0) is 21.5.